The number of methoxy groups -OCH3 is 1. The summed E-state index contributed by atoms with van der Waals surface area (Å²) in [6.07, 6.45) is 8.88. The van der Waals surface area contributed by atoms with E-state index in [1.165, 1.54) is 25.7 Å². The Morgan fingerprint density at radius 2 is 1.84 bits per heavy atom. The van der Waals surface area contributed by atoms with Gasteiger partial charge in [-0.1, -0.05) is 0 Å². The van der Waals surface area contributed by atoms with Gasteiger partial charge in [0.15, 0.2) is 0 Å². The van der Waals surface area contributed by atoms with E-state index in [0.29, 0.717) is 30.4 Å². The predicted octanol–water partition coefficient (Wildman–Crippen LogP) is 1.83. The van der Waals surface area contributed by atoms with E-state index in [-0.39, 0.29) is 5.91 Å². The molecule has 0 aromatic rings. The zero-order chi connectivity index (χ0) is 13.7. The van der Waals surface area contributed by atoms with E-state index in [0.717, 1.165) is 25.8 Å². The van der Waals surface area contributed by atoms with Crippen molar-refractivity contribution in [3.8, 4) is 0 Å². The van der Waals surface area contributed by atoms with Crippen molar-refractivity contribution in [2.45, 2.75) is 63.5 Å². The Bertz CT molecular complexity index is 288. The highest BCUT2D eigenvalue weighted by Crippen LogP contribution is 2.30. The molecule has 19 heavy (non-hydrogen) atoms. The summed E-state index contributed by atoms with van der Waals surface area (Å²) in [7, 11) is 1.75. The average Bonchev–Trinajstić information content (AvgIpc) is 2.87. The lowest BCUT2D eigenvalue weighted by molar-refractivity contribution is -0.123. The van der Waals surface area contributed by atoms with Gasteiger partial charge in [0.1, 0.15) is 0 Å². The number of rotatable bonds is 5. The minimum atomic E-state index is 0.234. The molecule has 2 aliphatic rings. The van der Waals surface area contributed by atoms with Gasteiger partial charge in [0.2, 0.25) is 5.91 Å². The molecule has 0 aliphatic heterocycles. The maximum atomic E-state index is 12.0. The zero-order valence-electron chi connectivity index (χ0n) is 12.1. The highest BCUT2D eigenvalue weighted by Gasteiger charge is 2.27. The van der Waals surface area contributed by atoms with Crippen molar-refractivity contribution < 1.29 is 9.53 Å². The molecule has 0 radical (unpaired) electrons. The second-order valence-corrected chi connectivity index (χ2v) is 6.26. The first-order chi connectivity index (χ1) is 9.21. The van der Waals surface area contributed by atoms with Crippen LogP contribution < -0.4 is 11.1 Å². The van der Waals surface area contributed by atoms with Crippen LogP contribution in [-0.2, 0) is 9.53 Å². The molecule has 2 atom stereocenters. The molecule has 0 heterocycles. The van der Waals surface area contributed by atoms with Crippen LogP contribution in [0.2, 0.25) is 0 Å². The van der Waals surface area contributed by atoms with E-state index in [1.54, 1.807) is 7.11 Å². The second kappa shape index (κ2) is 7.25. The summed E-state index contributed by atoms with van der Waals surface area (Å²) < 4.78 is 5.33. The molecule has 4 heteroatoms. The maximum Gasteiger partial charge on any atom is 0.220 e. The van der Waals surface area contributed by atoms with Gasteiger partial charge in [0, 0.05) is 19.6 Å². The standard InChI is InChI=1S/C15H28N2O2/c1-19-14-7-6-13(9-14)17-15(18)8-11-2-4-12(10-16)5-3-11/h11-14H,2-10,16H2,1H3,(H,17,18). The number of ether oxygens (including phenoxy) is 1. The molecule has 2 aliphatic carbocycles. The van der Waals surface area contributed by atoms with Crippen molar-refractivity contribution in [3.63, 3.8) is 0 Å². The first kappa shape index (κ1) is 14.8. The lowest BCUT2D eigenvalue weighted by Crippen LogP contribution is -2.35. The van der Waals surface area contributed by atoms with Crippen molar-refractivity contribution in [2.75, 3.05) is 13.7 Å². The van der Waals surface area contributed by atoms with Crippen LogP contribution >= 0.6 is 0 Å². The number of hydrogen-bond acceptors (Lipinski definition) is 3. The Morgan fingerprint density at radius 1 is 1.16 bits per heavy atom. The summed E-state index contributed by atoms with van der Waals surface area (Å²) in [5.41, 5.74) is 5.69. The SMILES string of the molecule is COC1CCC(NC(=O)CC2CCC(CN)CC2)C1. The minimum Gasteiger partial charge on any atom is -0.381 e. The fraction of sp³-hybridized carbons (Fsp3) is 0.933. The molecule has 0 spiro atoms. The smallest absolute Gasteiger partial charge is 0.220 e. The van der Waals surface area contributed by atoms with Crippen LogP contribution in [0.4, 0.5) is 0 Å². The molecule has 2 unspecified atom stereocenters. The van der Waals surface area contributed by atoms with Crippen molar-refractivity contribution in [1.29, 1.82) is 0 Å². The number of carbonyl (C=O) groups excluding carboxylic acids is 1. The van der Waals surface area contributed by atoms with Gasteiger partial charge >= 0.3 is 0 Å². The second-order valence-electron chi connectivity index (χ2n) is 6.26. The summed E-state index contributed by atoms with van der Waals surface area (Å²) >= 11 is 0. The lowest BCUT2D eigenvalue weighted by atomic mass is 9.80. The molecule has 2 fully saturated rings. The molecule has 4 nitrogen and oxygen atoms in total. The van der Waals surface area contributed by atoms with Gasteiger partial charge in [0.25, 0.3) is 0 Å². The molecule has 0 bridgehead atoms. The Morgan fingerprint density at radius 3 is 2.42 bits per heavy atom. The average molecular weight is 268 g/mol. The van der Waals surface area contributed by atoms with Crippen LogP contribution in [0.15, 0.2) is 0 Å². The monoisotopic (exact) mass is 268 g/mol. The van der Waals surface area contributed by atoms with Crippen molar-refractivity contribution >= 4 is 5.91 Å². The van der Waals surface area contributed by atoms with E-state index in [1.807, 2.05) is 0 Å². The van der Waals surface area contributed by atoms with Gasteiger partial charge < -0.3 is 15.8 Å². The molecule has 0 aromatic carbocycles. The summed E-state index contributed by atoms with van der Waals surface area (Å²) in [4.78, 5) is 12.0. The highest BCUT2D eigenvalue weighted by atomic mass is 16.5. The Kier molecular flexibility index (Phi) is 5.64. The van der Waals surface area contributed by atoms with Gasteiger partial charge in [-0.15, -0.1) is 0 Å². The Balaban J connectivity index is 1.65. The van der Waals surface area contributed by atoms with Crippen molar-refractivity contribution in [1.82, 2.24) is 5.32 Å². The predicted molar refractivity (Wildman–Crippen MR) is 75.7 cm³/mol. The molecule has 0 aromatic heterocycles. The Labute approximate surface area is 116 Å². The first-order valence-corrected chi connectivity index (χ1v) is 7.73. The minimum absolute atomic E-state index is 0.234. The van der Waals surface area contributed by atoms with Crippen molar-refractivity contribution in [3.05, 3.63) is 0 Å². The van der Waals surface area contributed by atoms with E-state index < -0.39 is 0 Å². The van der Waals surface area contributed by atoms with Gasteiger partial charge in [-0.05, 0) is 63.3 Å². The van der Waals surface area contributed by atoms with Gasteiger partial charge in [0.05, 0.1) is 6.10 Å². The van der Waals surface area contributed by atoms with E-state index in [4.69, 9.17) is 10.5 Å². The fourth-order valence-corrected chi connectivity index (χ4v) is 3.51. The zero-order valence-corrected chi connectivity index (χ0v) is 12.1. The van der Waals surface area contributed by atoms with Crippen LogP contribution in [0.3, 0.4) is 0 Å². The third-order valence-corrected chi connectivity index (χ3v) is 4.86. The third-order valence-electron chi connectivity index (χ3n) is 4.86. The molecule has 2 saturated carbocycles. The lowest BCUT2D eigenvalue weighted by Gasteiger charge is -2.27. The summed E-state index contributed by atoms with van der Waals surface area (Å²) in [5.74, 6) is 1.50. The van der Waals surface area contributed by atoms with E-state index >= 15 is 0 Å². The van der Waals surface area contributed by atoms with Crippen LogP contribution in [-0.4, -0.2) is 31.7 Å². The quantitative estimate of drug-likeness (QED) is 0.799. The normalized spacial score (nSPS) is 35.3. The molecule has 0 saturated heterocycles. The topological polar surface area (TPSA) is 64.3 Å². The summed E-state index contributed by atoms with van der Waals surface area (Å²) in [6, 6.07) is 0.331. The van der Waals surface area contributed by atoms with Gasteiger partial charge in [-0.25, -0.2) is 0 Å². The molecular formula is C15H28N2O2. The van der Waals surface area contributed by atoms with E-state index in [9.17, 15) is 4.79 Å². The highest BCUT2D eigenvalue weighted by molar-refractivity contribution is 5.76. The molecular weight excluding hydrogens is 240 g/mol. The fourth-order valence-electron chi connectivity index (χ4n) is 3.51. The van der Waals surface area contributed by atoms with E-state index in [2.05, 4.69) is 5.32 Å². The van der Waals surface area contributed by atoms with Crippen LogP contribution in [0.1, 0.15) is 51.4 Å². The van der Waals surface area contributed by atoms with Crippen LogP contribution in [0.25, 0.3) is 0 Å². The third kappa shape index (κ3) is 4.46. The largest absolute Gasteiger partial charge is 0.381 e. The summed E-state index contributed by atoms with van der Waals surface area (Å²) in [6.45, 7) is 0.805. The van der Waals surface area contributed by atoms with Crippen LogP contribution in [0.5, 0.6) is 0 Å². The summed E-state index contributed by atoms with van der Waals surface area (Å²) in [5, 5.41) is 3.17. The number of carbonyl (C=O) groups is 1. The number of hydrogen-bond donors (Lipinski definition) is 2. The molecule has 2 rings (SSSR count). The Hall–Kier alpha value is -0.610. The number of amides is 1. The van der Waals surface area contributed by atoms with Gasteiger partial charge in [-0.3, -0.25) is 4.79 Å². The molecule has 110 valence electrons. The molecule has 1 amide bonds. The van der Waals surface area contributed by atoms with Crippen LogP contribution in [0, 0.1) is 11.8 Å². The first-order valence-electron chi connectivity index (χ1n) is 7.73. The van der Waals surface area contributed by atoms with Crippen molar-refractivity contribution in [2.24, 2.45) is 17.6 Å². The number of nitrogens with two attached hydrogens (primary N) is 1. The van der Waals surface area contributed by atoms with Gasteiger partial charge in [-0.2, -0.15) is 0 Å². The molecule has 3 N–H and O–H groups in total. The number of nitrogens with one attached hydrogen (secondary N) is 1. The maximum absolute atomic E-state index is 12.0.